The van der Waals surface area contributed by atoms with Gasteiger partial charge in [0.05, 0.1) is 12.8 Å². The molecule has 8 heteroatoms. The molecule has 1 unspecified atom stereocenters. The van der Waals surface area contributed by atoms with Crippen molar-refractivity contribution in [2.75, 3.05) is 24.8 Å². The van der Waals surface area contributed by atoms with Crippen LogP contribution < -0.4 is 15.0 Å². The van der Waals surface area contributed by atoms with E-state index in [1.54, 1.807) is 13.4 Å². The van der Waals surface area contributed by atoms with Gasteiger partial charge in [-0.15, -0.1) is 0 Å². The third kappa shape index (κ3) is 4.52. The van der Waals surface area contributed by atoms with Crippen LogP contribution in [0.3, 0.4) is 0 Å². The van der Waals surface area contributed by atoms with E-state index in [0.717, 1.165) is 58.7 Å². The molecular formula is C29H32N4O3S. The van der Waals surface area contributed by atoms with Crippen molar-refractivity contribution in [1.29, 1.82) is 0 Å². The highest BCUT2D eigenvalue weighted by atomic mass is 32.2. The van der Waals surface area contributed by atoms with Crippen LogP contribution in [0.15, 0.2) is 53.6 Å². The lowest BCUT2D eigenvalue weighted by Crippen LogP contribution is -2.41. The minimum absolute atomic E-state index is 0.00257. The Hall–Kier alpha value is -3.26. The molecule has 37 heavy (non-hydrogen) atoms. The molecule has 1 N–H and O–H groups in total. The van der Waals surface area contributed by atoms with Crippen molar-refractivity contribution >= 4 is 22.5 Å². The molecule has 1 aromatic heterocycles. The fraction of sp³-hybridized carbons (Fsp3) is 0.414. The summed E-state index contributed by atoms with van der Waals surface area (Å²) in [4.78, 5) is 25.2. The minimum atomic E-state index is -1.01. The summed E-state index contributed by atoms with van der Waals surface area (Å²) in [5, 5.41) is 3.11. The summed E-state index contributed by atoms with van der Waals surface area (Å²) < 4.78 is 17.0. The van der Waals surface area contributed by atoms with Gasteiger partial charge in [-0.1, -0.05) is 31.0 Å². The molecule has 0 radical (unpaired) electrons. The van der Waals surface area contributed by atoms with Gasteiger partial charge in [-0.3, -0.25) is 9.11 Å². The first-order valence-corrected chi connectivity index (χ1v) is 14.6. The van der Waals surface area contributed by atoms with E-state index in [-0.39, 0.29) is 11.4 Å². The van der Waals surface area contributed by atoms with Gasteiger partial charge in [0.15, 0.2) is 0 Å². The van der Waals surface area contributed by atoms with Gasteiger partial charge in [0.1, 0.15) is 0 Å². The van der Waals surface area contributed by atoms with Gasteiger partial charge in [-0.05, 0) is 66.6 Å². The van der Waals surface area contributed by atoms with Gasteiger partial charge in [0.2, 0.25) is 0 Å². The highest BCUT2D eigenvalue weighted by molar-refractivity contribution is 7.84. The number of rotatable bonds is 6. The van der Waals surface area contributed by atoms with Gasteiger partial charge >= 0.3 is 12.0 Å². The first-order chi connectivity index (χ1) is 18.0. The predicted octanol–water partition coefficient (Wildman–Crippen LogP) is 5.31. The Morgan fingerprint density at radius 3 is 2.59 bits per heavy atom. The van der Waals surface area contributed by atoms with Crippen LogP contribution >= 0.6 is 0 Å². The summed E-state index contributed by atoms with van der Waals surface area (Å²) in [6.07, 6.45) is 10.4. The predicted molar refractivity (Wildman–Crippen MR) is 144 cm³/mol. The molecule has 2 fully saturated rings. The number of ether oxygens (including phenoxy) is 1. The van der Waals surface area contributed by atoms with E-state index in [0.29, 0.717) is 25.0 Å². The summed E-state index contributed by atoms with van der Waals surface area (Å²) in [7, 11) is 0.594. The minimum Gasteiger partial charge on any atom is -0.467 e. The molecule has 2 saturated carbocycles. The van der Waals surface area contributed by atoms with Gasteiger partial charge in [0.25, 0.3) is 0 Å². The second kappa shape index (κ2) is 9.56. The van der Waals surface area contributed by atoms with E-state index in [1.807, 2.05) is 35.4 Å². The molecule has 6 rings (SSSR count). The first-order valence-electron chi connectivity index (χ1n) is 13.0. The average molecular weight is 517 g/mol. The van der Waals surface area contributed by atoms with E-state index in [4.69, 9.17) is 9.72 Å². The molecule has 1 atom stereocenters. The van der Waals surface area contributed by atoms with Crippen LogP contribution in [0.1, 0.15) is 61.3 Å². The smallest absolute Gasteiger partial charge is 0.322 e. The molecule has 1 spiro atoms. The van der Waals surface area contributed by atoms with Crippen molar-refractivity contribution in [2.24, 2.45) is 0 Å². The second-order valence-electron chi connectivity index (χ2n) is 10.5. The monoisotopic (exact) mass is 516 g/mol. The number of methoxy groups -OCH3 is 1. The van der Waals surface area contributed by atoms with Crippen LogP contribution in [0.5, 0.6) is 6.01 Å². The van der Waals surface area contributed by atoms with Crippen LogP contribution in [0.4, 0.5) is 10.5 Å². The lowest BCUT2D eigenvalue weighted by atomic mass is 9.80. The van der Waals surface area contributed by atoms with Gasteiger partial charge in [-0.25, -0.2) is 9.78 Å². The van der Waals surface area contributed by atoms with E-state index in [1.165, 1.54) is 18.4 Å². The van der Waals surface area contributed by atoms with E-state index in [9.17, 15) is 9.00 Å². The number of hydrogen-bond acceptors (Lipinski definition) is 5. The van der Waals surface area contributed by atoms with E-state index in [2.05, 4.69) is 28.5 Å². The molecule has 0 saturated heterocycles. The lowest BCUT2D eigenvalue weighted by Gasteiger charge is -2.25. The van der Waals surface area contributed by atoms with Crippen LogP contribution in [0.2, 0.25) is 0 Å². The lowest BCUT2D eigenvalue weighted by molar-refractivity contribution is 0.245. The highest BCUT2D eigenvalue weighted by Gasteiger charge is 2.46. The van der Waals surface area contributed by atoms with Gasteiger partial charge in [-0.2, -0.15) is 4.98 Å². The molecule has 192 valence electrons. The Labute approximate surface area is 220 Å². The number of aromatic nitrogens is 2. The maximum Gasteiger partial charge on any atom is 0.322 e. The SMILES string of the molecule is COc1ncc(-c2ccc3c(c2)C2(CCCC2)CN3C(=O)NCc2ccc(S(C)=O)cc2)c(C2CC2)n1. The van der Waals surface area contributed by atoms with Gasteiger partial charge < -0.3 is 10.1 Å². The first kappa shape index (κ1) is 24.1. The second-order valence-corrected chi connectivity index (χ2v) is 11.9. The zero-order valence-electron chi connectivity index (χ0n) is 21.3. The van der Waals surface area contributed by atoms with Crippen LogP contribution in [0, 0.1) is 0 Å². The van der Waals surface area contributed by atoms with E-state index < -0.39 is 10.8 Å². The Bertz CT molecular complexity index is 1360. The Morgan fingerprint density at radius 1 is 1.16 bits per heavy atom. The molecular weight excluding hydrogens is 484 g/mol. The molecule has 2 aromatic carbocycles. The Morgan fingerprint density at radius 2 is 1.92 bits per heavy atom. The number of hydrogen-bond donors (Lipinski definition) is 1. The van der Waals surface area contributed by atoms with Gasteiger partial charge in [0, 0.05) is 63.8 Å². The quantitative estimate of drug-likeness (QED) is 0.480. The number of nitrogens with one attached hydrogen (secondary N) is 1. The maximum atomic E-state index is 13.4. The van der Waals surface area contributed by atoms with Crippen molar-refractivity contribution in [3.05, 3.63) is 65.5 Å². The fourth-order valence-electron chi connectivity index (χ4n) is 5.94. The zero-order valence-corrected chi connectivity index (χ0v) is 22.1. The van der Waals surface area contributed by atoms with Crippen LogP contribution in [-0.2, 0) is 22.8 Å². The topological polar surface area (TPSA) is 84.4 Å². The summed E-state index contributed by atoms with van der Waals surface area (Å²) >= 11 is 0. The number of carbonyl (C=O) groups excluding carboxylic acids is 1. The van der Waals surface area contributed by atoms with Crippen molar-refractivity contribution in [3.63, 3.8) is 0 Å². The molecule has 0 bridgehead atoms. The number of fused-ring (bicyclic) bond motifs is 2. The van der Waals surface area contributed by atoms with Crippen LogP contribution in [-0.4, -0.2) is 40.1 Å². The number of nitrogens with zero attached hydrogens (tertiary/aromatic N) is 3. The maximum absolute atomic E-state index is 13.4. The average Bonchev–Trinajstić information content (AvgIpc) is 3.59. The summed E-state index contributed by atoms with van der Waals surface area (Å²) in [5.41, 5.74) is 6.51. The molecule has 2 heterocycles. The molecule has 3 aromatic rings. The van der Waals surface area contributed by atoms with Crippen molar-refractivity contribution < 1.29 is 13.7 Å². The van der Waals surface area contributed by atoms with Crippen molar-refractivity contribution in [1.82, 2.24) is 15.3 Å². The molecule has 2 aliphatic carbocycles. The largest absolute Gasteiger partial charge is 0.467 e. The summed E-state index contributed by atoms with van der Waals surface area (Å²) in [6.45, 7) is 1.14. The third-order valence-electron chi connectivity index (χ3n) is 8.08. The normalized spacial score (nSPS) is 18.6. The zero-order chi connectivity index (χ0) is 25.6. The highest BCUT2D eigenvalue weighted by Crippen LogP contribution is 2.52. The number of carbonyl (C=O) groups is 1. The molecule has 1 aliphatic heterocycles. The molecule has 2 amide bonds. The van der Waals surface area contributed by atoms with E-state index >= 15 is 0 Å². The Balaban J connectivity index is 1.28. The summed E-state index contributed by atoms with van der Waals surface area (Å²) in [6, 6.07) is 14.4. The summed E-state index contributed by atoms with van der Waals surface area (Å²) in [5.74, 6) is 0.467. The molecule has 3 aliphatic rings. The Kier molecular flexibility index (Phi) is 6.23. The van der Waals surface area contributed by atoms with Crippen molar-refractivity contribution in [3.8, 4) is 17.1 Å². The molecule has 7 nitrogen and oxygen atoms in total. The number of urea groups is 1. The number of anilines is 1. The number of amides is 2. The number of benzene rings is 2. The van der Waals surface area contributed by atoms with Crippen molar-refractivity contribution in [2.45, 2.75) is 61.3 Å². The van der Waals surface area contributed by atoms with Crippen LogP contribution in [0.25, 0.3) is 11.1 Å². The standard InChI is InChI=1S/C29H32N4O3S/c1-36-27-30-17-23(26(32-27)20-7-8-20)21-9-12-25-24(15-21)29(13-3-4-14-29)18-33(25)28(34)31-16-19-5-10-22(11-6-19)37(2)35/h5-6,9-12,15,17,20H,3-4,7-8,13-14,16,18H2,1-2H3,(H,31,34). The fourth-order valence-corrected chi connectivity index (χ4v) is 6.46. The third-order valence-corrected chi connectivity index (χ3v) is 9.01.